The van der Waals surface area contributed by atoms with E-state index in [-0.39, 0.29) is 5.54 Å². The molecule has 0 fully saturated rings. The monoisotopic (exact) mass is 268 g/mol. The summed E-state index contributed by atoms with van der Waals surface area (Å²) in [6.07, 6.45) is 0.981. The van der Waals surface area contributed by atoms with Crippen LogP contribution in [0.4, 0.5) is 0 Å². The molecule has 20 heavy (non-hydrogen) atoms. The predicted molar refractivity (Wildman–Crippen MR) is 86.5 cm³/mol. The van der Waals surface area contributed by atoms with Gasteiger partial charge in [-0.15, -0.1) is 0 Å². The van der Waals surface area contributed by atoms with Crippen molar-refractivity contribution in [1.29, 1.82) is 0 Å². The summed E-state index contributed by atoms with van der Waals surface area (Å²) in [6, 6.07) is 19.2. The largest absolute Gasteiger partial charge is 0.330 e. The minimum Gasteiger partial charge on any atom is -0.330 e. The first-order chi connectivity index (χ1) is 9.61. The van der Waals surface area contributed by atoms with E-state index in [4.69, 9.17) is 5.73 Å². The summed E-state index contributed by atoms with van der Waals surface area (Å²) in [5.41, 5.74) is 9.54. The average Bonchev–Trinajstić information content (AvgIpc) is 2.47. The third-order valence-electron chi connectivity index (χ3n) is 3.60. The Bertz CT molecular complexity index is 515. The fourth-order valence-corrected chi connectivity index (χ4v) is 2.24. The van der Waals surface area contributed by atoms with E-state index in [2.05, 4.69) is 67.7 Å². The van der Waals surface area contributed by atoms with Gasteiger partial charge in [0.05, 0.1) is 0 Å². The number of rotatable bonds is 6. The summed E-state index contributed by atoms with van der Waals surface area (Å²) in [7, 11) is 0. The van der Waals surface area contributed by atoms with Gasteiger partial charge in [0.15, 0.2) is 0 Å². The van der Waals surface area contributed by atoms with Crippen LogP contribution in [0, 0.1) is 0 Å². The van der Waals surface area contributed by atoms with Gasteiger partial charge in [-0.1, -0.05) is 54.6 Å². The van der Waals surface area contributed by atoms with Gasteiger partial charge in [0.25, 0.3) is 0 Å². The average molecular weight is 268 g/mol. The molecule has 0 radical (unpaired) electrons. The zero-order valence-electron chi connectivity index (χ0n) is 12.4. The summed E-state index contributed by atoms with van der Waals surface area (Å²) < 4.78 is 0. The zero-order chi connectivity index (χ0) is 14.4. The smallest absolute Gasteiger partial charge is 0.0210 e. The normalized spacial score (nSPS) is 11.6. The molecule has 0 spiro atoms. The van der Waals surface area contributed by atoms with Gasteiger partial charge in [-0.2, -0.15) is 0 Å². The molecule has 0 aliphatic heterocycles. The van der Waals surface area contributed by atoms with E-state index < -0.39 is 0 Å². The molecule has 0 unspecified atom stereocenters. The highest BCUT2D eigenvalue weighted by atomic mass is 15.0. The molecule has 3 N–H and O–H groups in total. The lowest BCUT2D eigenvalue weighted by atomic mass is 9.99. The highest BCUT2D eigenvalue weighted by Crippen LogP contribution is 2.19. The second-order valence-electron chi connectivity index (χ2n) is 5.84. The Morgan fingerprint density at radius 3 is 2.10 bits per heavy atom. The zero-order valence-corrected chi connectivity index (χ0v) is 12.4. The maximum atomic E-state index is 5.63. The molecule has 0 atom stereocenters. The van der Waals surface area contributed by atoms with E-state index in [9.17, 15) is 0 Å². The van der Waals surface area contributed by atoms with Crippen LogP contribution in [0.25, 0.3) is 11.1 Å². The summed E-state index contributed by atoms with van der Waals surface area (Å²) in [4.78, 5) is 0. The van der Waals surface area contributed by atoms with Crippen LogP contribution in [0.3, 0.4) is 0 Å². The fourth-order valence-electron chi connectivity index (χ4n) is 2.24. The van der Waals surface area contributed by atoms with Crippen LogP contribution < -0.4 is 11.1 Å². The van der Waals surface area contributed by atoms with Gasteiger partial charge in [0.1, 0.15) is 0 Å². The van der Waals surface area contributed by atoms with Gasteiger partial charge in [-0.3, -0.25) is 0 Å². The van der Waals surface area contributed by atoms with E-state index in [1.54, 1.807) is 0 Å². The summed E-state index contributed by atoms with van der Waals surface area (Å²) in [6.45, 7) is 5.98. The van der Waals surface area contributed by atoms with E-state index in [1.165, 1.54) is 16.7 Å². The van der Waals surface area contributed by atoms with Crippen molar-refractivity contribution in [1.82, 2.24) is 5.32 Å². The minimum absolute atomic E-state index is 0.0901. The van der Waals surface area contributed by atoms with Gasteiger partial charge in [0, 0.05) is 12.1 Å². The Kier molecular flexibility index (Phi) is 4.94. The maximum absolute atomic E-state index is 5.63. The second-order valence-corrected chi connectivity index (χ2v) is 5.84. The van der Waals surface area contributed by atoms with Crippen LogP contribution in [0.2, 0.25) is 0 Å². The molecule has 0 saturated carbocycles. The number of hydrogen-bond donors (Lipinski definition) is 2. The molecule has 0 aliphatic rings. The van der Waals surface area contributed by atoms with Crippen molar-refractivity contribution in [3.63, 3.8) is 0 Å². The second kappa shape index (κ2) is 6.69. The first kappa shape index (κ1) is 14.8. The highest BCUT2D eigenvalue weighted by molar-refractivity contribution is 5.63. The molecule has 0 heterocycles. The third-order valence-corrected chi connectivity index (χ3v) is 3.60. The minimum atomic E-state index is 0.0901. The lowest BCUT2D eigenvalue weighted by molar-refractivity contribution is 0.365. The fraction of sp³-hybridized carbons (Fsp3) is 0.333. The standard InChI is InChI=1S/C18H24N2/c1-18(2,12-13-19)20-14-15-8-10-17(11-9-15)16-6-4-3-5-7-16/h3-11,20H,12-14,19H2,1-2H3. The number of benzene rings is 2. The van der Waals surface area contributed by atoms with Crippen molar-refractivity contribution in [3.05, 3.63) is 60.2 Å². The molecule has 2 aromatic rings. The highest BCUT2D eigenvalue weighted by Gasteiger charge is 2.15. The Morgan fingerprint density at radius 2 is 1.50 bits per heavy atom. The third kappa shape index (κ3) is 4.19. The van der Waals surface area contributed by atoms with Crippen molar-refractivity contribution in [3.8, 4) is 11.1 Å². The Hall–Kier alpha value is -1.64. The van der Waals surface area contributed by atoms with Crippen molar-refractivity contribution >= 4 is 0 Å². The van der Waals surface area contributed by atoms with Gasteiger partial charge in [0.2, 0.25) is 0 Å². The van der Waals surface area contributed by atoms with E-state index >= 15 is 0 Å². The lowest BCUT2D eigenvalue weighted by Gasteiger charge is -2.25. The summed E-state index contributed by atoms with van der Waals surface area (Å²) in [5.74, 6) is 0. The number of hydrogen-bond acceptors (Lipinski definition) is 2. The topological polar surface area (TPSA) is 38.0 Å². The predicted octanol–water partition coefficient (Wildman–Crippen LogP) is 3.57. The Balaban J connectivity index is 1.99. The summed E-state index contributed by atoms with van der Waals surface area (Å²) in [5, 5.41) is 3.56. The SMILES string of the molecule is CC(C)(CCN)NCc1ccc(-c2ccccc2)cc1. The number of nitrogens with one attached hydrogen (secondary N) is 1. The first-order valence-electron chi connectivity index (χ1n) is 7.20. The Morgan fingerprint density at radius 1 is 0.900 bits per heavy atom. The van der Waals surface area contributed by atoms with Crippen molar-refractivity contribution in [2.24, 2.45) is 5.73 Å². The van der Waals surface area contributed by atoms with Crippen LogP contribution in [-0.4, -0.2) is 12.1 Å². The van der Waals surface area contributed by atoms with Gasteiger partial charge < -0.3 is 11.1 Å². The van der Waals surface area contributed by atoms with Crippen LogP contribution in [0.15, 0.2) is 54.6 Å². The molecule has 106 valence electrons. The van der Waals surface area contributed by atoms with Crippen molar-refractivity contribution < 1.29 is 0 Å². The molecule has 0 bridgehead atoms. The molecule has 2 aromatic carbocycles. The van der Waals surface area contributed by atoms with Crippen molar-refractivity contribution in [2.75, 3.05) is 6.54 Å². The molecule has 0 saturated heterocycles. The molecule has 0 aliphatic carbocycles. The van der Waals surface area contributed by atoms with E-state index in [0.717, 1.165) is 13.0 Å². The molecular weight excluding hydrogens is 244 g/mol. The van der Waals surface area contributed by atoms with Crippen LogP contribution in [0.5, 0.6) is 0 Å². The quantitative estimate of drug-likeness (QED) is 0.840. The lowest BCUT2D eigenvalue weighted by Crippen LogP contribution is -2.40. The summed E-state index contributed by atoms with van der Waals surface area (Å²) >= 11 is 0. The van der Waals surface area contributed by atoms with Crippen LogP contribution in [-0.2, 0) is 6.54 Å². The van der Waals surface area contributed by atoms with Gasteiger partial charge in [-0.25, -0.2) is 0 Å². The van der Waals surface area contributed by atoms with E-state index in [1.807, 2.05) is 6.07 Å². The van der Waals surface area contributed by atoms with Gasteiger partial charge in [-0.05, 0) is 43.5 Å². The molecule has 0 aromatic heterocycles. The molecule has 0 amide bonds. The first-order valence-corrected chi connectivity index (χ1v) is 7.20. The molecule has 2 nitrogen and oxygen atoms in total. The molecular formula is C18H24N2. The number of nitrogens with two attached hydrogens (primary N) is 1. The van der Waals surface area contributed by atoms with E-state index in [0.29, 0.717) is 6.54 Å². The van der Waals surface area contributed by atoms with Gasteiger partial charge >= 0.3 is 0 Å². The molecule has 2 heteroatoms. The molecule has 2 rings (SSSR count). The van der Waals surface area contributed by atoms with Crippen LogP contribution >= 0.6 is 0 Å². The van der Waals surface area contributed by atoms with Crippen molar-refractivity contribution in [2.45, 2.75) is 32.4 Å². The van der Waals surface area contributed by atoms with Crippen LogP contribution in [0.1, 0.15) is 25.8 Å². The maximum Gasteiger partial charge on any atom is 0.0210 e. The Labute approximate surface area is 122 Å².